The number of nitrogens with zero attached hydrogens (tertiary/aromatic N) is 3. The van der Waals surface area contributed by atoms with Gasteiger partial charge in [-0.05, 0) is 12.1 Å². The maximum Gasteiger partial charge on any atom is 0.278 e. The highest BCUT2D eigenvalue weighted by molar-refractivity contribution is 6.07. The summed E-state index contributed by atoms with van der Waals surface area (Å²) in [5, 5.41) is 13.5. The smallest absolute Gasteiger partial charge is 0.278 e. The quantitative estimate of drug-likeness (QED) is 0.742. The van der Waals surface area contributed by atoms with E-state index in [9.17, 15) is 14.7 Å². The summed E-state index contributed by atoms with van der Waals surface area (Å²) in [7, 11) is 1.43. The molecule has 0 unspecified atom stereocenters. The van der Waals surface area contributed by atoms with Gasteiger partial charge in [-0.2, -0.15) is 0 Å². The topological polar surface area (TPSA) is 97.1 Å². The van der Waals surface area contributed by atoms with Gasteiger partial charge in [0.25, 0.3) is 11.5 Å². The van der Waals surface area contributed by atoms with E-state index in [0.717, 1.165) is 4.57 Å². The number of rotatable bonds is 2. The van der Waals surface area contributed by atoms with Gasteiger partial charge in [-0.1, -0.05) is 18.2 Å². The van der Waals surface area contributed by atoms with Crippen LogP contribution in [0.1, 0.15) is 10.5 Å². The number of amides is 1. The lowest BCUT2D eigenvalue weighted by molar-refractivity contribution is 0.101. The van der Waals surface area contributed by atoms with Crippen molar-refractivity contribution >= 4 is 22.6 Å². The van der Waals surface area contributed by atoms with E-state index >= 15 is 0 Å². The Morgan fingerprint density at radius 1 is 1.14 bits per heavy atom. The molecular formula is C15H12N4O3. The summed E-state index contributed by atoms with van der Waals surface area (Å²) < 4.78 is 1.11. The van der Waals surface area contributed by atoms with Crippen molar-refractivity contribution in [1.29, 1.82) is 0 Å². The van der Waals surface area contributed by atoms with E-state index < -0.39 is 5.91 Å². The van der Waals surface area contributed by atoms with Crippen molar-refractivity contribution in [2.24, 2.45) is 7.05 Å². The molecule has 0 atom stereocenters. The van der Waals surface area contributed by atoms with Gasteiger partial charge in [0.1, 0.15) is 0 Å². The van der Waals surface area contributed by atoms with Crippen molar-refractivity contribution in [2.45, 2.75) is 0 Å². The van der Waals surface area contributed by atoms with Crippen LogP contribution in [0.5, 0.6) is 5.75 Å². The summed E-state index contributed by atoms with van der Waals surface area (Å²) in [6, 6.07) is 8.17. The minimum absolute atomic E-state index is 0.0903. The third-order valence-electron chi connectivity index (χ3n) is 3.28. The Kier molecular flexibility index (Phi) is 3.30. The van der Waals surface area contributed by atoms with Gasteiger partial charge in [-0.15, -0.1) is 0 Å². The van der Waals surface area contributed by atoms with Crippen LogP contribution in [0.15, 0.2) is 47.5 Å². The van der Waals surface area contributed by atoms with Crippen molar-refractivity contribution in [3.63, 3.8) is 0 Å². The normalized spacial score (nSPS) is 10.6. The number of nitrogens with one attached hydrogen (secondary N) is 1. The highest BCUT2D eigenvalue weighted by Crippen LogP contribution is 2.26. The molecule has 3 rings (SSSR count). The van der Waals surface area contributed by atoms with Gasteiger partial charge >= 0.3 is 0 Å². The number of aromatic hydroxyl groups is 1. The Labute approximate surface area is 124 Å². The van der Waals surface area contributed by atoms with Gasteiger partial charge < -0.3 is 9.67 Å². The molecule has 0 saturated carbocycles. The summed E-state index contributed by atoms with van der Waals surface area (Å²) in [4.78, 5) is 32.4. The van der Waals surface area contributed by atoms with E-state index in [1.165, 1.54) is 19.4 Å². The van der Waals surface area contributed by atoms with E-state index in [4.69, 9.17) is 0 Å². The van der Waals surface area contributed by atoms with Crippen LogP contribution in [-0.4, -0.2) is 25.5 Å². The predicted octanol–water partition coefficient (Wildman–Crippen LogP) is 1.29. The van der Waals surface area contributed by atoms with Crippen LogP contribution >= 0.6 is 0 Å². The molecule has 22 heavy (non-hydrogen) atoms. The minimum Gasteiger partial charge on any atom is -0.505 e. The molecule has 0 saturated heterocycles. The second-order valence-corrected chi connectivity index (χ2v) is 4.63. The van der Waals surface area contributed by atoms with E-state index in [1.54, 1.807) is 30.3 Å². The first kappa shape index (κ1) is 13.7. The van der Waals surface area contributed by atoms with Gasteiger partial charge in [0.15, 0.2) is 11.4 Å². The molecule has 1 amide bonds. The molecule has 2 N–H and O–H groups in total. The van der Waals surface area contributed by atoms with Crippen LogP contribution in [0.3, 0.4) is 0 Å². The fourth-order valence-electron chi connectivity index (χ4n) is 2.23. The van der Waals surface area contributed by atoms with Crippen LogP contribution in [0.25, 0.3) is 10.8 Å². The van der Waals surface area contributed by atoms with Crippen LogP contribution in [0.4, 0.5) is 5.95 Å². The standard InChI is InChI=1S/C15H12N4O3/c1-19-11(13(21)18-15-16-7-4-8-17-15)12(20)9-5-2-3-6-10(9)14(19)22/h2-8,20H,1H3,(H,16,17,18,21). The molecule has 0 radical (unpaired) electrons. The van der Waals surface area contributed by atoms with Crippen molar-refractivity contribution in [3.05, 3.63) is 58.8 Å². The molecule has 1 aromatic carbocycles. The fraction of sp³-hybridized carbons (Fsp3) is 0.0667. The molecule has 7 heteroatoms. The van der Waals surface area contributed by atoms with Crippen molar-refractivity contribution in [3.8, 4) is 5.75 Å². The number of fused-ring (bicyclic) bond motifs is 1. The first-order valence-electron chi connectivity index (χ1n) is 6.48. The molecule has 0 fully saturated rings. The Balaban J connectivity index is 2.15. The molecule has 110 valence electrons. The number of carbonyl (C=O) groups excluding carboxylic acids is 1. The summed E-state index contributed by atoms with van der Waals surface area (Å²) >= 11 is 0. The van der Waals surface area contributed by atoms with Gasteiger partial charge in [0.05, 0.1) is 5.39 Å². The maximum atomic E-state index is 12.3. The Hall–Kier alpha value is -3.22. The molecule has 7 nitrogen and oxygen atoms in total. The van der Waals surface area contributed by atoms with E-state index in [-0.39, 0.29) is 23.0 Å². The second-order valence-electron chi connectivity index (χ2n) is 4.63. The number of carbonyl (C=O) groups is 1. The zero-order chi connectivity index (χ0) is 15.7. The van der Waals surface area contributed by atoms with E-state index in [2.05, 4.69) is 15.3 Å². The zero-order valence-electron chi connectivity index (χ0n) is 11.6. The first-order chi connectivity index (χ1) is 10.6. The lowest BCUT2D eigenvalue weighted by Gasteiger charge is -2.12. The molecule has 0 spiro atoms. The Morgan fingerprint density at radius 3 is 2.45 bits per heavy atom. The van der Waals surface area contributed by atoms with Gasteiger partial charge in [-0.25, -0.2) is 9.97 Å². The third kappa shape index (κ3) is 2.18. The number of anilines is 1. The minimum atomic E-state index is -0.658. The van der Waals surface area contributed by atoms with E-state index in [1.807, 2.05) is 0 Å². The lowest BCUT2D eigenvalue weighted by atomic mass is 10.1. The molecule has 0 bridgehead atoms. The number of benzene rings is 1. The van der Waals surface area contributed by atoms with E-state index in [0.29, 0.717) is 10.8 Å². The predicted molar refractivity (Wildman–Crippen MR) is 80.8 cm³/mol. The SMILES string of the molecule is Cn1c(C(=O)Nc2ncccn2)c(O)c2ccccc2c1=O. The average molecular weight is 296 g/mol. The number of aromatic nitrogens is 3. The van der Waals surface area contributed by atoms with Crippen molar-refractivity contribution in [1.82, 2.24) is 14.5 Å². The first-order valence-corrected chi connectivity index (χ1v) is 6.48. The summed E-state index contributed by atoms with van der Waals surface area (Å²) in [6.07, 6.45) is 2.95. The molecule has 2 heterocycles. The third-order valence-corrected chi connectivity index (χ3v) is 3.28. The summed E-state index contributed by atoms with van der Waals surface area (Å²) in [5.41, 5.74) is -0.510. The Bertz CT molecular complexity index is 919. The molecule has 0 aliphatic carbocycles. The van der Waals surface area contributed by atoms with Gasteiger partial charge in [0.2, 0.25) is 5.95 Å². The van der Waals surface area contributed by atoms with Crippen LogP contribution in [0, 0.1) is 0 Å². The lowest BCUT2D eigenvalue weighted by Crippen LogP contribution is -2.27. The van der Waals surface area contributed by atoms with Crippen LogP contribution in [-0.2, 0) is 7.05 Å². The Morgan fingerprint density at radius 2 is 1.77 bits per heavy atom. The zero-order valence-corrected chi connectivity index (χ0v) is 11.6. The van der Waals surface area contributed by atoms with Crippen LogP contribution < -0.4 is 10.9 Å². The number of hydrogen-bond acceptors (Lipinski definition) is 5. The maximum absolute atomic E-state index is 12.3. The molecule has 0 aliphatic heterocycles. The molecular weight excluding hydrogens is 284 g/mol. The monoisotopic (exact) mass is 296 g/mol. The van der Waals surface area contributed by atoms with Gasteiger partial charge in [-0.3, -0.25) is 14.9 Å². The highest BCUT2D eigenvalue weighted by Gasteiger charge is 2.20. The summed E-state index contributed by atoms with van der Waals surface area (Å²) in [6.45, 7) is 0. The van der Waals surface area contributed by atoms with Crippen LogP contribution in [0.2, 0.25) is 0 Å². The van der Waals surface area contributed by atoms with Crippen molar-refractivity contribution in [2.75, 3.05) is 5.32 Å². The molecule has 2 aromatic heterocycles. The second kappa shape index (κ2) is 5.28. The fourth-order valence-corrected chi connectivity index (χ4v) is 2.23. The average Bonchev–Trinajstić information content (AvgIpc) is 2.54. The number of hydrogen-bond donors (Lipinski definition) is 2. The summed E-state index contributed by atoms with van der Waals surface area (Å²) in [5.74, 6) is -0.826. The molecule has 3 aromatic rings. The highest BCUT2D eigenvalue weighted by atomic mass is 16.3. The van der Waals surface area contributed by atoms with Crippen molar-refractivity contribution < 1.29 is 9.90 Å². The molecule has 0 aliphatic rings. The van der Waals surface area contributed by atoms with Gasteiger partial charge in [0, 0.05) is 24.8 Å². The number of pyridine rings is 1. The largest absolute Gasteiger partial charge is 0.505 e.